The second-order valence-electron chi connectivity index (χ2n) is 10.7. The molecule has 1 aliphatic carbocycles. The van der Waals surface area contributed by atoms with Gasteiger partial charge in [0.2, 0.25) is 0 Å². The van der Waals surface area contributed by atoms with E-state index >= 15 is 0 Å². The number of rotatable bonds is 6. The van der Waals surface area contributed by atoms with Gasteiger partial charge in [-0.2, -0.15) is 0 Å². The molecule has 0 amide bonds. The van der Waals surface area contributed by atoms with E-state index in [0.29, 0.717) is 40.3 Å². The molecule has 0 N–H and O–H groups in total. The van der Waals surface area contributed by atoms with E-state index in [-0.39, 0.29) is 5.56 Å². The maximum atomic E-state index is 14.2. The molecule has 0 radical (unpaired) electrons. The molecule has 1 atom stereocenters. The van der Waals surface area contributed by atoms with Gasteiger partial charge in [-0.05, 0) is 85.7 Å². The molecule has 3 aromatic carbocycles. The number of ether oxygens (including phenoxy) is 1. The van der Waals surface area contributed by atoms with Crippen LogP contribution >= 0.6 is 11.6 Å². The number of nitrogens with zero attached hydrogens (tertiary/aromatic N) is 3. The summed E-state index contributed by atoms with van der Waals surface area (Å²) in [7, 11) is 1.67. The monoisotopic (exact) mass is 527 g/mol. The molecule has 196 valence electrons. The third-order valence-corrected chi connectivity index (χ3v) is 8.56. The molecule has 1 saturated carbocycles. The lowest BCUT2D eigenvalue weighted by Gasteiger charge is -2.37. The van der Waals surface area contributed by atoms with Gasteiger partial charge < -0.3 is 9.64 Å². The van der Waals surface area contributed by atoms with E-state index in [9.17, 15) is 4.79 Å². The minimum atomic E-state index is 0.00436. The summed E-state index contributed by atoms with van der Waals surface area (Å²) < 4.78 is 7.60. The fourth-order valence-corrected chi connectivity index (χ4v) is 6.48. The Hall–Kier alpha value is -3.15. The number of para-hydroxylation sites is 1. The Kier molecular flexibility index (Phi) is 7.22. The quantitative estimate of drug-likeness (QED) is 0.269. The van der Waals surface area contributed by atoms with E-state index in [2.05, 4.69) is 4.90 Å². The Morgan fingerprint density at radius 3 is 2.50 bits per heavy atom. The van der Waals surface area contributed by atoms with Crippen molar-refractivity contribution in [2.75, 3.05) is 20.2 Å². The van der Waals surface area contributed by atoms with Crippen molar-refractivity contribution < 1.29 is 4.74 Å². The Bertz CT molecular complexity index is 1490. The summed E-state index contributed by atoms with van der Waals surface area (Å²) in [4.78, 5) is 22.0. The van der Waals surface area contributed by atoms with Crippen LogP contribution in [0.3, 0.4) is 0 Å². The zero-order valence-corrected chi connectivity index (χ0v) is 22.7. The van der Waals surface area contributed by atoms with Crippen LogP contribution in [0.2, 0.25) is 5.02 Å². The van der Waals surface area contributed by atoms with Crippen molar-refractivity contribution in [1.29, 1.82) is 0 Å². The van der Waals surface area contributed by atoms with Crippen molar-refractivity contribution in [3.05, 3.63) is 82.1 Å². The fraction of sp³-hybridized carbons (Fsp3) is 0.375. The topological polar surface area (TPSA) is 47.4 Å². The van der Waals surface area contributed by atoms with E-state index < -0.39 is 0 Å². The van der Waals surface area contributed by atoms with Gasteiger partial charge in [0.05, 0.1) is 23.6 Å². The number of hydrogen-bond acceptors (Lipinski definition) is 4. The van der Waals surface area contributed by atoms with E-state index in [1.807, 2.05) is 71.3 Å². The molecule has 4 aromatic rings. The van der Waals surface area contributed by atoms with Crippen LogP contribution < -0.4 is 10.3 Å². The maximum Gasteiger partial charge on any atom is 0.261 e. The highest BCUT2D eigenvalue weighted by Gasteiger charge is 2.29. The molecule has 1 aromatic heterocycles. The molecular formula is C32H34ClN3O2. The van der Waals surface area contributed by atoms with Crippen molar-refractivity contribution in [3.8, 4) is 28.3 Å². The second kappa shape index (κ2) is 10.9. The van der Waals surface area contributed by atoms with Crippen molar-refractivity contribution in [3.63, 3.8) is 0 Å². The number of halogens is 1. The predicted molar refractivity (Wildman–Crippen MR) is 155 cm³/mol. The maximum absolute atomic E-state index is 14.2. The molecule has 0 spiro atoms. The third kappa shape index (κ3) is 4.97. The smallest absolute Gasteiger partial charge is 0.261 e. The van der Waals surface area contributed by atoms with Crippen LogP contribution in [0.1, 0.15) is 38.5 Å². The molecule has 1 saturated heterocycles. The lowest BCUT2D eigenvalue weighted by Crippen LogP contribution is -2.43. The molecule has 1 aliphatic heterocycles. The second-order valence-corrected chi connectivity index (χ2v) is 11.2. The SMILES string of the molecule is COc1ccccc1-c1nc2ccc(-c3ccc(Cl)cc3)cc2c(=O)n1CC1CCCN(C2CCCC2)C1. The van der Waals surface area contributed by atoms with Crippen LogP contribution in [0.5, 0.6) is 5.75 Å². The highest BCUT2D eigenvalue weighted by atomic mass is 35.5. The third-order valence-electron chi connectivity index (χ3n) is 8.31. The zero-order chi connectivity index (χ0) is 26.1. The number of benzene rings is 3. The molecule has 6 rings (SSSR count). The summed E-state index contributed by atoms with van der Waals surface area (Å²) in [6, 6.07) is 22.2. The Labute approximate surface area is 229 Å². The highest BCUT2D eigenvalue weighted by molar-refractivity contribution is 6.30. The van der Waals surface area contributed by atoms with Gasteiger partial charge in [0, 0.05) is 24.2 Å². The van der Waals surface area contributed by atoms with Gasteiger partial charge in [0.15, 0.2) is 0 Å². The van der Waals surface area contributed by atoms with Crippen molar-refractivity contribution >= 4 is 22.5 Å². The van der Waals surface area contributed by atoms with Gasteiger partial charge in [0.25, 0.3) is 5.56 Å². The molecule has 5 nitrogen and oxygen atoms in total. The van der Waals surface area contributed by atoms with Gasteiger partial charge in [-0.25, -0.2) is 4.98 Å². The highest BCUT2D eigenvalue weighted by Crippen LogP contribution is 2.32. The first-order valence-corrected chi connectivity index (χ1v) is 14.2. The molecule has 0 bridgehead atoms. The minimum absolute atomic E-state index is 0.00436. The Morgan fingerprint density at radius 1 is 0.947 bits per heavy atom. The lowest BCUT2D eigenvalue weighted by atomic mass is 9.95. The van der Waals surface area contributed by atoms with Crippen LogP contribution in [0.25, 0.3) is 33.4 Å². The molecule has 6 heteroatoms. The molecule has 2 heterocycles. The number of piperidine rings is 1. The van der Waals surface area contributed by atoms with E-state index in [0.717, 1.165) is 35.4 Å². The normalized spacial score (nSPS) is 18.7. The van der Waals surface area contributed by atoms with Gasteiger partial charge >= 0.3 is 0 Å². The van der Waals surface area contributed by atoms with Crippen LogP contribution in [0.15, 0.2) is 71.5 Å². The average molecular weight is 528 g/mol. The molecular weight excluding hydrogens is 494 g/mol. The Balaban J connectivity index is 1.44. The van der Waals surface area contributed by atoms with Crippen molar-refractivity contribution in [2.24, 2.45) is 5.92 Å². The standard InChI is InChI=1S/C32H34ClN3O2/c1-38-30-11-5-4-10-27(30)31-34-29-17-14-24(23-12-15-25(33)16-13-23)19-28(29)32(37)36(31)21-22-7-6-18-35(20-22)26-8-2-3-9-26/h4-5,10-17,19,22,26H,2-3,6-9,18,20-21H2,1H3. The predicted octanol–water partition coefficient (Wildman–Crippen LogP) is 7.05. The summed E-state index contributed by atoms with van der Waals surface area (Å²) >= 11 is 6.11. The van der Waals surface area contributed by atoms with Crippen molar-refractivity contribution in [1.82, 2.24) is 14.5 Å². The molecule has 1 unspecified atom stereocenters. The van der Waals surface area contributed by atoms with Crippen LogP contribution in [-0.4, -0.2) is 40.7 Å². The van der Waals surface area contributed by atoms with E-state index in [1.165, 1.54) is 38.6 Å². The van der Waals surface area contributed by atoms with Crippen LogP contribution in [0, 0.1) is 5.92 Å². The molecule has 38 heavy (non-hydrogen) atoms. The Morgan fingerprint density at radius 2 is 1.71 bits per heavy atom. The van der Waals surface area contributed by atoms with Crippen molar-refractivity contribution in [2.45, 2.75) is 51.1 Å². The first-order chi connectivity index (χ1) is 18.6. The number of likely N-dealkylation sites (tertiary alicyclic amines) is 1. The van der Waals surface area contributed by atoms with E-state index in [4.69, 9.17) is 21.3 Å². The minimum Gasteiger partial charge on any atom is -0.496 e. The summed E-state index contributed by atoms with van der Waals surface area (Å²) in [6.07, 6.45) is 7.61. The summed E-state index contributed by atoms with van der Waals surface area (Å²) in [5.74, 6) is 1.81. The number of hydrogen-bond donors (Lipinski definition) is 0. The van der Waals surface area contributed by atoms with Gasteiger partial charge in [0.1, 0.15) is 11.6 Å². The summed E-state index contributed by atoms with van der Waals surface area (Å²) in [5.41, 5.74) is 3.55. The first kappa shape index (κ1) is 25.1. The lowest BCUT2D eigenvalue weighted by molar-refractivity contribution is 0.116. The molecule has 2 aliphatic rings. The first-order valence-electron chi connectivity index (χ1n) is 13.8. The zero-order valence-electron chi connectivity index (χ0n) is 21.9. The fourth-order valence-electron chi connectivity index (χ4n) is 6.35. The van der Waals surface area contributed by atoms with Crippen LogP contribution in [0.4, 0.5) is 0 Å². The largest absolute Gasteiger partial charge is 0.496 e. The van der Waals surface area contributed by atoms with Gasteiger partial charge in [-0.1, -0.05) is 54.8 Å². The molecule has 2 fully saturated rings. The number of aromatic nitrogens is 2. The van der Waals surface area contributed by atoms with Gasteiger partial charge in [-0.3, -0.25) is 9.36 Å². The average Bonchev–Trinajstić information content (AvgIpc) is 3.50. The summed E-state index contributed by atoms with van der Waals surface area (Å²) in [5, 5.41) is 1.33. The number of fused-ring (bicyclic) bond motifs is 1. The van der Waals surface area contributed by atoms with Gasteiger partial charge in [-0.15, -0.1) is 0 Å². The number of methoxy groups -OCH3 is 1. The summed E-state index contributed by atoms with van der Waals surface area (Å²) in [6.45, 7) is 2.88. The van der Waals surface area contributed by atoms with Crippen LogP contribution in [-0.2, 0) is 6.54 Å². The van der Waals surface area contributed by atoms with E-state index in [1.54, 1.807) is 7.11 Å².